The van der Waals surface area contributed by atoms with Gasteiger partial charge in [0.05, 0.1) is 0 Å². The van der Waals surface area contributed by atoms with Crippen LogP contribution in [0.2, 0.25) is 0 Å². The lowest BCUT2D eigenvalue weighted by Crippen LogP contribution is -2.39. The Hall–Kier alpha value is -0.610. The fourth-order valence-electron chi connectivity index (χ4n) is 2.21. The van der Waals surface area contributed by atoms with Crippen LogP contribution in [0.4, 0.5) is 0 Å². The lowest BCUT2D eigenvalue weighted by molar-refractivity contribution is -0.139. The van der Waals surface area contributed by atoms with Crippen molar-refractivity contribution in [1.29, 1.82) is 0 Å². The predicted octanol–water partition coefficient (Wildman–Crippen LogP) is 0.781. The average molecular weight is 214 g/mol. The molecule has 88 valence electrons. The minimum Gasteiger partial charge on any atom is -0.480 e. The van der Waals surface area contributed by atoms with Crippen LogP contribution in [0, 0.1) is 5.92 Å². The second kappa shape index (κ2) is 6.08. The van der Waals surface area contributed by atoms with Crippen LogP contribution in [-0.4, -0.2) is 48.7 Å². The van der Waals surface area contributed by atoms with Gasteiger partial charge < -0.3 is 15.3 Å². The molecule has 0 spiro atoms. The molecular weight excluding hydrogens is 192 g/mol. The van der Waals surface area contributed by atoms with E-state index < -0.39 is 5.97 Å². The molecular formula is C11H22N2O2. The maximum absolute atomic E-state index is 10.9. The van der Waals surface area contributed by atoms with Gasteiger partial charge in [0.25, 0.3) is 0 Å². The number of rotatable bonds is 5. The van der Waals surface area contributed by atoms with E-state index in [0.717, 1.165) is 38.9 Å². The smallest absolute Gasteiger partial charge is 0.320 e. The molecule has 0 radical (unpaired) electrons. The van der Waals surface area contributed by atoms with Crippen LogP contribution in [0.1, 0.15) is 26.2 Å². The minimum absolute atomic E-state index is 0.372. The standard InChI is InChI=1S/C11H22N2O2/c1-3-13-6-4-9(5-7-13)8-10(12-2)11(14)15/h9-10,12H,3-8H2,1-2H3,(H,14,15). The highest BCUT2D eigenvalue weighted by Crippen LogP contribution is 2.21. The summed E-state index contributed by atoms with van der Waals surface area (Å²) < 4.78 is 0. The maximum atomic E-state index is 10.9. The van der Waals surface area contributed by atoms with Crippen molar-refractivity contribution in [3.8, 4) is 0 Å². The van der Waals surface area contributed by atoms with Crippen LogP contribution in [0.5, 0.6) is 0 Å². The van der Waals surface area contributed by atoms with E-state index in [0.29, 0.717) is 5.92 Å². The number of likely N-dealkylation sites (N-methyl/N-ethyl adjacent to an activating group) is 1. The van der Waals surface area contributed by atoms with E-state index in [1.54, 1.807) is 7.05 Å². The molecule has 0 aliphatic carbocycles. The second-order valence-electron chi connectivity index (χ2n) is 4.29. The summed E-state index contributed by atoms with van der Waals surface area (Å²) in [6.07, 6.45) is 3.04. The van der Waals surface area contributed by atoms with Crippen molar-refractivity contribution in [2.45, 2.75) is 32.2 Å². The number of aliphatic carboxylic acids is 1. The van der Waals surface area contributed by atoms with Crippen LogP contribution in [0.15, 0.2) is 0 Å². The third-order valence-electron chi connectivity index (χ3n) is 3.37. The highest BCUT2D eigenvalue weighted by molar-refractivity contribution is 5.73. The molecule has 0 saturated carbocycles. The molecule has 0 amide bonds. The first kappa shape index (κ1) is 12.5. The van der Waals surface area contributed by atoms with Gasteiger partial charge in [-0.05, 0) is 51.9 Å². The van der Waals surface area contributed by atoms with E-state index in [-0.39, 0.29) is 6.04 Å². The lowest BCUT2D eigenvalue weighted by Gasteiger charge is -2.32. The summed E-state index contributed by atoms with van der Waals surface area (Å²) in [6.45, 7) is 5.53. The third kappa shape index (κ3) is 3.80. The summed E-state index contributed by atoms with van der Waals surface area (Å²) >= 11 is 0. The molecule has 1 heterocycles. The van der Waals surface area contributed by atoms with Gasteiger partial charge in [0.15, 0.2) is 0 Å². The maximum Gasteiger partial charge on any atom is 0.320 e. The Kier molecular flexibility index (Phi) is 5.05. The molecule has 0 bridgehead atoms. The minimum atomic E-state index is -0.726. The van der Waals surface area contributed by atoms with Gasteiger partial charge in [-0.15, -0.1) is 0 Å². The van der Waals surface area contributed by atoms with Crippen LogP contribution in [0.25, 0.3) is 0 Å². The Morgan fingerprint density at radius 1 is 1.53 bits per heavy atom. The molecule has 1 aliphatic rings. The quantitative estimate of drug-likeness (QED) is 0.710. The highest BCUT2D eigenvalue weighted by atomic mass is 16.4. The molecule has 0 aromatic rings. The van der Waals surface area contributed by atoms with Crippen molar-refractivity contribution in [3.63, 3.8) is 0 Å². The monoisotopic (exact) mass is 214 g/mol. The Bertz CT molecular complexity index is 201. The van der Waals surface area contributed by atoms with Crippen molar-refractivity contribution in [1.82, 2.24) is 10.2 Å². The molecule has 4 heteroatoms. The number of piperidine rings is 1. The van der Waals surface area contributed by atoms with Crippen LogP contribution in [-0.2, 0) is 4.79 Å². The van der Waals surface area contributed by atoms with Crippen LogP contribution >= 0.6 is 0 Å². The molecule has 1 rings (SSSR count). The first-order valence-corrected chi connectivity index (χ1v) is 5.79. The van der Waals surface area contributed by atoms with Crippen molar-refractivity contribution in [3.05, 3.63) is 0 Å². The molecule has 4 nitrogen and oxygen atoms in total. The fraction of sp³-hybridized carbons (Fsp3) is 0.909. The van der Waals surface area contributed by atoms with E-state index in [1.165, 1.54) is 0 Å². The fourth-order valence-corrected chi connectivity index (χ4v) is 2.21. The van der Waals surface area contributed by atoms with E-state index in [2.05, 4.69) is 17.1 Å². The summed E-state index contributed by atoms with van der Waals surface area (Å²) in [6, 6.07) is -0.372. The number of carboxylic acids is 1. The Labute approximate surface area is 91.6 Å². The summed E-state index contributed by atoms with van der Waals surface area (Å²) in [5.74, 6) is -0.156. The molecule has 15 heavy (non-hydrogen) atoms. The van der Waals surface area contributed by atoms with E-state index in [1.807, 2.05) is 0 Å². The topological polar surface area (TPSA) is 52.6 Å². The second-order valence-corrected chi connectivity index (χ2v) is 4.29. The van der Waals surface area contributed by atoms with Crippen LogP contribution < -0.4 is 5.32 Å². The van der Waals surface area contributed by atoms with Crippen LogP contribution in [0.3, 0.4) is 0 Å². The first-order chi connectivity index (χ1) is 7.17. The van der Waals surface area contributed by atoms with Gasteiger partial charge in [-0.25, -0.2) is 0 Å². The van der Waals surface area contributed by atoms with Crippen molar-refractivity contribution >= 4 is 5.97 Å². The zero-order valence-electron chi connectivity index (χ0n) is 9.70. The first-order valence-electron chi connectivity index (χ1n) is 5.79. The normalized spacial score (nSPS) is 21.5. The lowest BCUT2D eigenvalue weighted by atomic mass is 9.90. The molecule has 1 fully saturated rings. The van der Waals surface area contributed by atoms with Gasteiger partial charge in [-0.2, -0.15) is 0 Å². The largest absolute Gasteiger partial charge is 0.480 e. The van der Waals surface area contributed by atoms with Gasteiger partial charge in [0.1, 0.15) is 6.04 Å². The van der Waals surface area contributed by atoms with E-state index in [9.17, 15) is 4.79 Å². The van der Waals surface area contributed by atoms with Crippen molar-refractivity contribution in [2.24, 2.45) is 5.92 Å². The number of likely N-dealkylation sites (tertiary alicyclic amines) is 1. The zero-order chi connectivity index (χ0) is 11.3. The van der Waals surface area contributed by atoms with Gasteiger partial charge in [0.2, 0.25) is 0 Å². The van der Waals surface area contributed by atoms with Gasteiger partial charge >= 0.3 is 5.97 Å². The Morgan fingerprint density at radius 2 is 2.13 bits per heavy atom. The predicted molar refractivity (Wildman–Crippen MR) is 59.9 cm³/mol. The van der Waals surface area contributed by atoms with Gasteiger partial charge in [-0.1, -0.05) is 6.92 Å². The number of nitrogens with one attached hydrogen (secondary N) is 1. The van der Waals surface area contributed by atoms with E-state index >= 15 is 0 Å². The number of nitrogens with zero attached hydrogens (tertiary/aromatic N) is 1. The third-order valence-corrected chi connectivity index (χ3v) is 3.37. The summed E-state index contributed by atoms with van der Waals surface area (Å²) in [5, 5.41) is 11.8. The highest BCUT2D eigenvalue weighted by Gasteiger charge is 2.24. The number of carboxylic acid groups (broad SMARTS) is 1. The zero-order valence-corrected chi connectivity index (χ0v) is 9.70. The summed E-state index contributed by atoms with van der Waals surface area (Å²) in [4.78, 5) is 13.3. The Morgan fingerprint density at radius 3 is 2.53 bits per heavy atom. The van der Waals surface area contributed by atoms with Gasteiger partial charge in [0, 0.05) is 0 Å². The number of carbonyl (C=O) groups is 1. The molecule has 1 saturated heterocycles. The van der Waals surface area contributed by atoms with E-state index in [4.69, 9.17) is 5.11 Å². The number of hydrogen-bond donors (Lipinski definition) is 2. The molecule has 1 unspecified atom stereocenters. The molecule has 1 atom stereocenters. The molecule has 0 aromatic carbocycles. The van der Waals surface area contributed by atoms with Gasteiger partial charge in [-0.3, -0.25) is 4.79 Å². The summed E-state index contributed by atoms with van der Waals surface area (Å²) in [5.41, 5.74) is 0. The summed E-state index contributed by atoms with van der Waals surface area (Å²) in [7, 11) is 1.72. The molecule has 0 aromatic heterocycles. The van der Waals surface area contributed by atoms with Crippen molar-refractivity contribution < 1.29 is 9.90 Å². The molecule has 2 N–H and O–H groups in total. The number of hydrogen-bond acceptors (Lipinski definition) is 3. The average Bonchev–Trinajstić information content (AvgIpc) is 2.26. The Balaban J connectivity index is 2.31. The molecule has 1 aliphatic heterocycles. The van der Waals surface area contributed by atoms with Crippen molar-refractivity contribution in [2.75, 3.05) is 26.7 Å². The SMILES string of the molecule is CCN1CCC(CC(NC)C(=O)O)CC1.